The highest BCUT2D eigenvalue weighted by atomic mass is 16.6. The molecular weight excluding hydrogens is 396 g/mol. The Kier molecular flexibility index (Phi) is 9.40. The minimum atomic E-state index is -0.523. The Morgan fingerprint density at radius 1 is 1.00 bits per heavy atom. The van der Waals surface area contributed by atoms with Gasteiger partial charge in [-0.25, -0.2) is 4.79 Å². The second kappa shape index (κ2) is 11.5. The number of carbonyl (C=O) groups is 2. The smallest absolute Gasteiger partial charge is 0.407 e. The van der Waals surface area contributed by atoms with Crippen LogP contribution >= 0.6 is 0 Å². The number of nitrogens with one attached hydrogen (secondary N) is 2. The van der Waals surface area contributed by atoms with Crippen molar-refractivity contribution < 1.29 is 14.3 Å². The number of hydrogen-bond acceptors (Lipinski definition) is 5. The molecule has 2 aliphatic rings. The van der Waals surface area contributed by atoms with E-state index in [1.807, 2.05) is 25.7 Å². The number of guanidine groups is 1. The minimum absolute atomic E-state index is 0.0778. The monoisotopic (exact) mass is 438 g/mol. The first kappa shape index (κ1) is 25.2. The van der Waals surface area contributed by atoms with Crippen LogP contribution in [0.1, 0.15) is 47.5 Å². The molecule has 0 aromatic carbocycles. The second-order valence-electron chi connectivity index (χ2n) is 9.78. The highest BCUT2D eigenvalue weighted by molar-refractivity contribution is 5.80. The van der Waals surface area contributed by atoms with Gasteiger partial charge >= 0.3 is 6.09 Å². The van der Waals surface area contributed by atoms with E-state index in [0.29, 0.717) is 13.1 Å². The summed E-state index contributed by atoms with van der Waals surface area (Å²) in [6, 6.07) is -0.0778. The van der Waals surface area contributed by atoms with E-state index < -0.39 is 11.7 Å². The summed E-state index contributed by atoms with van der Waals surface area (Å²) in [6.07, 6.45) is 1.85. The fourth-order valence-corrected chi connectivity index (χ4v) is 3.82. The molecular formula is C22H42N6O3. The Morgan fingerprint density at radius 2 is 1.61 bits per heavy atom. The van der Waals surface area contributed by atoms with Crippen molar-refractivity contribution in [2.45, 2.75) is 59.1 Å². The maximum absolute atomic E-state index is 12.4. The van der Waals surface area contributed by atoms with Gasteiger partial charge in [0.25, 0.3) is 0 Å². The molecule has 2 amide bonds. The van der Waals surface area contributed by atoms with E-state index in [2.05, 4.69) is 39.3 Å². The van der Waals surface area contributed by atoms with Crippen LogP contribution in [0.25, 0.3) is 0 Å². The number of carbonyl (C=O) groups excluding carboxylic acids is 2. The molecule has 0 radical (unpaired) electrons. The van der Waals surface area contributed by atoms with Gasteiger partial charge in [0.2, 0.25) is 5.91 Å². The maximum atomic E-state index is 12.4. The maximum Gasteiger partial charge on any atom is 0.407 e. The molecule has 2 fully saturated rings. The van der Waals surface area contributed by atoms with Crippen molar-refractivity contribution >= 4 is 18.0 Å². The fraction of sp³-hybridized carbons (Fsp3) is 0.864. The van der Waals surface area contributed by atoms with Crippen LogP contribution in [0.3, 0.4) is 0 Å². The normalized spacial score (nSPS) is 19.5. The number of amides is 2. The second-order valence-corrected chi connectivity index (χ2v) is 9.78. The van der Waals surface area contributed by atoms with Crippen molar-refractivity contribution in [1.29, 1.82) is 0 Å². The summed E-state index contributed by atoms with van der Waals surface area (Å²) in [7, 11) is 1.78. The molecule has 31 heavy (non-hydrogen) atoms. The van der Waals surface area contributed by atoms with Crippen molar-refractivity contribution in [3.63, 3.8) is 0 Å². The third-order valence-electron chi connectivity index (χ3n) is 5.69. The van der Waals surface area contributed by atoms with Crippen molar-refractivity contribution in [2.24, 2.45) is 10.9 Å². The lowest BCUT2D eigenvalue weighted by molar-refractivity contribution is -0.131. The van der Waals surface area contributed by atoms with Gasteiger partial charge < -0.3 is 25.2 Å². The van der Waals surface area contributed by atoms with Gasteiger partial charge in [-0.3, -0.25) is 14.7 Å². The number of ether oxygens (including phenoxy) is 1. The molecule has 178 valence electrons. The van der Waals surface area contributed by atoms with Crippen molar-refractivity contribution in [2.75, 3.05) is 59.4 Å². The summed E-state index contributed by atoms with van der Waals surface area (Å²) in [4.78, 5) is 35.4. The molecule has 1 unspecified atom stereocenters. The van der Waals surface area contributed by atoms with Gasteiger partial charge in [0.15, 0.2) is 5.96 Å². The first-order valence-electron chi connectivity index (χ1n) is 11.5. The molecule has 0 saturated carbocycles. The number of rotatable bonds is 6. The van der Waals surface area contributed by atoms with E-state index >= 15 is 0 Å². The molecule has 1 atom stereocenters. The van der Waals surface area contributed by atoms with Crippen LogP contribution in [0.2, 0.25) is 0 Å². The highest BCUT2D eigenvalue weighted by Crippen LogP contribution is 2.10. The predicted molar refractivity (Wildman–Crippen MR) is 123 cm³/mol. The van der Waals surface area contributed by atoms with E-state index in [0.717, 1.165) is 58.1 Å². The van der Waals surface area contributed by atoms with Crippen LogP contribution in [0.15, 0.2) is 4.99 Å². The van der Waals surface area contributed by atoms with Gasteiger partial charge in [-0.2, -0.15) is 0 Å². The molecule has 0 aromatic heterocycles. The van der Waals surface area contributed by atoms with Gasteiger partial charge in [-0.15, -0.1) is 0 Å². The lowest BCUT2D eigenvalue weighted by Gasteiger charge is -2.37. The van der Waals surface area contributed by atoms with E-state index in [4.69, 9.17) is 4.74 Å². The molecule has 0 spiro atoms. The average Bonchev–Trinajstić information content (AvgIpc) is 3.22. The van der Waals surface area contributed by atoms with E-state index in [9.17, 15) is 9.59 Å². The molecule has 0 aromatic rings. The van der Waals surface area contributed by atoms with Crippen molar-refractivity contribution in [3.05, 3.63) is 0 Å². The molecule has 2 saturated heterocycles. The predicted octanol–water partition coefficient (Wildman–Crippen LogP) is 1.35. The standard InChI is InChI=1S/C22H42N6O3/c1-17(2)18(25-21(30)31-22(3,4)5)15-24-20(23-6)28-13-11-26(12-14-28)16-19(29)27-9-7-8-10-27/h17-18H,7-16H2,1-6H3,(H,23,24)(H,25,30). The first-order valence-corrected chi connectivity index (χ1v) is 11.5. The van der Waals surface area contributed by atoms with E-state index in [-0.39, 0.29) is 17.9 Å². The van der Waals surface area contributed by atoms with Gasteiger partial charge in [0, 0.05) is 52.9 Å². The average molecular weight is 439 g/mol. The van der Waals surface area contributed by atoms with E-state index in [1.54, 1.807) is 7.05 Å². The summed E-state index contributed by atoms with van der Waals surface area (Å²) in [5.41, 5.74) is -0.523. The van der Waals surface area contributed by atoms with Gasteiger partial charge in [-0.05, 0) is 39.5 Å². The van der Waals surface area contributed by atoms with Crippen LogP contribution in [-0.2, 0) is 9.53 Å². The summed E-state index contributed by atoms with van der Waals surface area (Å²) >= 11 is 0. The number of aliphatic imine (C=N–C) groups is 1. The Labute approximate surface area is 187 Å². The van der Waals surface area contributed by atoms with Gasteiger partial charge in [0.05, 0.1) is 12.6 Å². The first-order chi connectivity index (χ1) is 14.6. The summed E-state index contributed by atoms with van der Waals surface area (Å²) in [6.45, 7) is 15.9. The van der Waals surface area contributed by atoms with E-state index in [1.165, 1.54) is 0 Å². The zero-order valence-electron chi connectivity index (χ0n) is 20.2. The van der Waals surface area contributed by atoms with Crippen LogP contribution in [0.4, 0.5) is 4.79 Å². The topological polar surface area (TPSA) is 89.5 Å². The summed E-state index contributed by atoms with van der Waals surface area (Å²) < 4.78 is 5.39. The zero-order chi connectivity index (χ0) is 23.0. The number of alkyl carbamates (subject to hydrolysis) is 1. The molecule has 9 heteroatoms. The van der Waals surface area contributed by atoms with Crippen molar-refractivity contribution in [3.8, 4) is 0 Å². The lowest BCUT2D eigenvalue weighted by Crippen LogP contribution is -2.56. The molecule has 2 rings (SSSR count). The van der Waals surface area contributed by atoms with Crippen molar-refractivity contribution in [1.82, 2.24) is 25.3 Å². The van der Waals surface area contributed by atoms with Crippen LogP contribution < -0.4 is 10.6 Å². The third-order valence-corrected chi connectivity index (χ3v) is 5.69. The largest absolute Gasteiger partial charge is 0.444 e. The molecule has 9 nitrogen and oxygen atoms in total. The lowest BCUT2D eigenvalue weighted by atomic mass is 10.0. The van der Waals surface area contributed by atoms with Crippen LogP contribution in [0.5, 0.6) is 0 Å². The molecule has 0 aliphatic carbocycles. The zero-order valence-corrected chi connectivity index (χ0v) is 20.2. The number of hydrogen-bond donors (Lipinski definition) is 2. The van der Waals surface area contributed by atoms with Gasteiger partial charge in [0.1, 0.15) is 5.60 Å². The third kappa shape index (κ3) is 8.55. The number of nitrogens with zero attached hydrogens (tertiary/aromatic N) is 4. The Balaban J connectivity index is 1.79. The number of likely N-dealkylation sites (tertiary alicyclic amines) is 1. The highest BCUT2D eigenvalue weighted by Gasteiger charge is 2.26. The summed E-state index contributed by atoms with van der Waals surface area (Å²) in [5.74, 6) is 1.31. The van der Waals surface area contributed by atoms with Crippen LogP contribution in [-0.4, -0.2) is 104 Å². The van der Waals surface area contributed by atoms with Crippen LogP contribution in [0, 0.1) is 5.92 Å². The Bertz CT molecular complexity index is 617. The molecule has 2 N–H and O–H groups in total. The molecule has 2 aliphatic heterocycles. The SMILES string of the molecule is CN=C(NCC(NC(=O)OC(C)(C)C)C(C)C)N1CCN(CC(=O)N2CCCC2)CC1. The minimum Gasteiger partial charge on any atom is -0.444 e. The quantitative estimate of drug-likeness (QED) is 0.481. The molecule has 2 heterocycles. The Morgan fingerprint density at radius 3 is 2.13 bits per heavy atom. The fourth-order valence-electron chi connectivity index (χ4n) is 3.82. The summed E-state index contributed by atoms with van der Waals surface area (Å²) in [5, 5.41) is 6.36. The Hall–Kier alpha value is -2.03. The van der Waals surface area contributed by atoms with Gasteiger partial charge in [-0.1, -0.05) is 13.8 Å². The number of piperazine rings is 1. The molecule has 0 bridgehead atoms.